The highest BCUT2D eigenvalue weighted by Crippen LogP contribution is 2.17. The molecule has 1 N–H and O–H groups in total. The zero-order valence-corrected chi connectivity index (χ0v) is 11.4. The second-order valence-electron chi connectivity index (χ2n) is 5.02. The fourth-order valence-corrected chi connectivity index (χ4v) is 2.03. The van der Waals surface area contributed by atoms with Crippen LogP contribution in [0.15, 0.2) is 12.4 Å². The van der Waals surface area contributed by atoms with Crippen LogP contribution in [0.5, 0.6) is 0 Å². The lowest BCUT2D eigenvalue weighted by Crippen LogP contribution is -2.25. The number of hydrogen-bond donors (Lipinski definition) is 1. The van der Waals surface area contributed by atoms with Gasteiger partial charge in [-0.05, 0) is 6.42 Å². The van der Waals surface area contributed by atoms with Gasteiger partial charge in [-0.2, -0.15) is 0 Å². The van der Waals surface area contributed by atoms with Crippen LogP contribution < -0.4 is 10.2 Å². The van der Waals surface area contributed by atoms with Crippen molar-refractivity contribution in [3.05, 3.63) is 18.0 Å². The molecule has 0 spiro atoms. The van der Waals surface area contributed by atoms with E-state index in [1.807, 2.05) is 12.4 Å². The average Bonchev–Trinajstić information content (AvgIpc) is 2.85. The molecule has 5 heteroatoms. The maximum absolute atomic E-state index is 5.34. The molecule has 1 aliphatic heterocycles. The molecule has 0 bridgehead atoms. The fraction of sp³-hybridized carbons (Fsp3) is 0.692. The van der Waals surface area contributed by atoms with Gasteiger partial charge < -0.3 is 15.0 Å². The third kappa shape index (κ3) is 3.40. The zero-order valence-electron chi connectivity index (χ0n) is 11.4. The summed E-state index contributed by atoms with van der Waals surface area (Å²) in [6.07, 6.45) is 5.17. The van der Waals surface area contributed by atoms with Crippen LogP contribution in [0.4, 0.5) is 5.95 Å². The third-order valence-electron chi connectivity index (χ3n) is 3.17. The first-order valence-corrected chi connectivity index (χ1v) is 6.51. The summed E-state index contributed by atoms with van der Waals surface area (Å²) in [7, 11) is 1.76. The number of ether oxygens (including phenoxy) is 1. The predicted octanol–water partition coefficient (Wildman–Crippen LogP) is 1.20. The standard InChI is InChI=1S/C13H22N4O/c1-10(2)14-6-11-7-15-13(16-8-11)17-5-4-12(9-17)18-3/h7-8,10,12,14H,4-6,9H2,1-3H3. The van der Waals surface area contributed by atoms with E-state index in [1.54, 1.807) is 7.11 Å². The Labute approximate surface area is 109 Å². The Bertz CT molecular complexity index is 366. The summed E-state index contributed by atoms with van der Waals surface area (Å²) in [4.78, 5) is 11.0. The van der Waals surface area contributed by atoms with E-state index in [0.29, 0.717) is 12.1 Å². The molecule has 1 aromatic rings. The third-order valence-corrected chi connectivity index (χ3v) is 3.17. The molecule has 1 fully saturated rings. The van der Waals surface area contributed by atoms with Gasteiger partial charge in [-0.1, -0.05) is 13.8 Å². The molecule has 100 valence electrons. The van der Waals surface area contributed by atoms with Crippen molar-refractivity contribution in [2.45, 2.75) is 39.0 Å². The van der Waals surface area contributed by atoms with E-state index in [4.69, 9.17) is 4.74 Å². The number of hydrogen-bond acceptors (Lipinski definition) is 5. The molecule has 5 nitrogen and oxygen atoms in total. The molecule has 2 rings (SSSR count). The number of methoxy groups -OCH3 is 1. The summed E-state index contributed by atoms with van der Waals surface area (Å²) in [5.74, 6) is 0.808. The number of nitrogens with zero attached hydrogens (tertiary/aromatic N) is 3. The second kappa shape index (κ2) is 6.11. The van der Waals surface area contributed by atoms with Gasteiger partial charge >= 0.3 is 0 Å². The minimum absolute atomic E-state index is 0.316. The minimum atomic E-state index is 0.316. The van der Waals surface area contributed by atoms with Crippen LogP contribution in [0.2, 0.25) is 0 Å². The van der Waals surface area contributed by atoms with Crippen molar-refractivity contribution in [2.24, 2.45) is 0 Å². The van der Waals surface area contributed by atoms with E-state index in [1.165, 1.54) is 0 Å². The maximum atomic E-state index is 5.34. The van der Waals surface area contributed by atoms with Gasteiger partial charge in [0, 0.05) is 50.7 Å². The molecule has 0 amide bonds. The van der Waals surface area contributed by atoms with E-state index in [-0.39, 0.29) is 0 Å². The normalized spacial score (nSPS) is 19.8. The van der Waals surface area contributed by atoms with Crippen LogP contribution in [-0.4, -0.2) is 42.3 Å². The Kier molecular flexibility index (Phi) is 4.49. The number of nitrogens with one attached hydrogen (secondary N) is 1. The lowest BCUT2D eigenvalue weighted by atomic mass is 10.3. The second-order valence-corrected chi connectivity index (χ2v) is 5.02. The Morgan fingerprint density at radius 2 is 2.17 bits per heavy atom. The van der Waals surface area contributed by atoms with Gasteiger partial charge in [-0.25, -0.2) is 9.97 Å². The zero-order chi connectivity index (χ0) is 13.0. The van der Waals surface area contributed by atoms with Gasteiger partial charge in [0.05, 0.1) is 6.10 Å². The molecule has 1 saturated heterocycles. The quantitative estimate of drug-likeness (QED) is 0.851. The summed E-state index contributed by atoms with van der Waals surface area (Å²) in [6, 6.07) is 0.478. The molecule has 1 aromatic heterocycles. The van der Waals surface area contributed by atoms with Gasteiger partial charge in [0.25, 0.3) is 0 Å². The van der Waals surface area contributed by atoms with Gasteiger partial charge in [-0.15, -0.1) is 0 Å². The summed E-state index contributed by atoms with van der Waals surface area (Å²) in [5.41, 5.74) is 1.12. The molecule has 18 heavy (non-hydrogen) atoms. The number of rotatable bonds is 5. The van der Waals surface area contributed by atoms with Gasteiger partial charge in [0.1, 0.15) is 0 Å². The van der Waals surface area contributed by atoms with Crippen LogP contribution in [0.1, 0.15) is 25.8 Å². The van der Waals surface area contributed by atoms with Crippen LogP contribution >= 0.6 is 0 Å². The van der Waals surface area contributed by atoms with Crippen LogP contribution in [-0.2, 0) is 11.3 Å². The fourth-order valence-electron chi connectivity index (χ4n) is 2.03. The summed E-state index contributed by atoms with van der Waals surface area (Å²) in [6.45, 7) is 6.94. The lowest BCUT2D eigenvalue weighted by molar-refractivity contribution is 0.121. The van der Waals surface area contributed by atoms with Crippen LogP contribution in [0, 0.1) is 0 Å². The van der Waals surface area contributed by atoms with E-state index in [0.717, 1.165) is 37.6 Å². The largest absolute Gasteiger partial charge is 0.380 e. The topological polar surface area (TPSA) is 50.3 Å². The molecular formula is C13H22N4O. The highest BCUT2D eigenvalue weighted by molar-refractivity contribution is 5.31. The monoisotopic (exact) mass is 250 g/mol. The van der Waals surface area contributed by atoms with E-state index in [2.05, 4.69) is 34.0 Å². The van der Waals surface area contributed by atoms with E-state index < -0.39 is 0 Å². The molecular weight excluding hydrogens is 228 g/mol. The first kappa shape index (κ1) is 13.2. The summed E-state index contributed by atoms with van der Waals surface area (Å²) in [5, 5.41) is 3.35. The highest BCUT2D eigenvalue weighted by Gasteiger charge is 2.23. The van der Waals surface area contributed by atoms with Crippen LogP contribution in [0.25, 0.3) is 0 Å². The Hall–Kier alpha value is -1.20. The molecule has 0 aliphatic carbocycles. The molecule has 2 heterocycles. The smallest absolute Gasteiger partial charge is 0.225 e. The highest BCUT2D eigenvalue weighted by atomic mass is 16.5. The lowest BCUT2D eigenvalue weighted by Gasteiger charge is -2.16. The Morgan fingerprint density at radius 1 is 1.44 bits per heavy atom. The Balaban J connectivity index is 1.91. The average molecular weight is 250 g/mol. The maximum Gasteiger partial charge on any atom is 0.225 e. The minimum Gasteiger partial charge on any atom is -0.380 e. The summed E-state index contributed by atoms with van der Waals surface area (Å²) < 4.78 is 5.34. The van der Waals surface area contributed by atoms with Crippen molar-refractivity contribution in [2.75, 3.05) is 25.1 Å². The van der Waals surface area contributed by atoms with Gasteiger partial charge in [0.2, 0.25) is 5.95 Å². The van der Waals surface area contributed by atoms with Gasteiger partial charge in [0.15, 0.2) is 0 Å². The molecule has 1 atom stereocenters. The first-order chi connectivity index (χ1) is 8.69. The van der Waals surface area contributed by atoms with E-state index >= 15 is 0 Å². The molecule has 0 aromatic carbocycles. The van der Waals surface area contributed by atoms with Crippen molar-refractivity contribution < 1.29 is 4.74 Å². The number of aromatic nitrogens is 2. The molecule has 0 radical (unpaired) electrons. The first-order valence-electron chi connectivity index (χ1n) is 6.51. The molecule has 0 saturated carbocycles. The SMILES string of the molecule is COC1CCN(c2ncc(CNC(C)C)cn2)C1. The van der Waals surface area contributed by atoms with Crippen molar-refractivity contribution in [1.82, 2.24) is 15.3 Å². The number of anilines is 1. The van der Waals surface area contributed by atoms with Gasteiger partial charge in [-0.3, -0.25) is 0 Å². The Morgan fingerprint density at radius 3 is 2.72 bits per heavy atom. The van der Waals surface area contributed by atoms with Crippen LogP contribution in [0.3, 0.4) is 0 Å². The van der Waals surface area contributed by atoms with Crippen molar-refractivity contribution in [1.29, 1.82) is 0 Å². The summed E-state index contributed by atoms with van der Waals surface area (Å²) >= 11 is 0. The van der Waals surface area contributed by atoms with Crippen molar-refractivity contribution in [3.63, 3.8) is 0 Å². The molecule has 1 aliphatic rings. The predicted molar refractivity (Wildman–Crippen MR) is 71.6 cm³/mol. The van der Waals surface area contributed by atoms with Crippen molar-refractivity contribution in [3.8, 4) is 0 Å². The van der Waals surface area contributed by atoms with Crippen molar-refractivity contribution >= 4 is 5.95 Å². The molecule has 1 unspecified atom stereocenters. The van der Waals surface area contributed by atoms with E-state index in [9.17, 15) is 0 Å².